The van der Waals surface area contributed by atoms with Gasteiger partial charge in [-0.1, -0.05) is 20.8 Å². The highest BCUT2D eigenvalue weighted by Crippen LogP contribution is 2.41. The number of nitrogens with one attached hydrogen (secondary N) is 1. The summed E-state index contributed by atoms with van der Waals surface area (Å²) in [5.41, 5.74) is -1.03. The lowest BCUT2D eigenvalue weighted by molar-refractivity contribution is -0.147. The quantitative estimate of drug-likeness (QED) is 0.814. The molecule has 1 rings (SSSR count). The van der Waals surface area contributed by atoms with E-state index in [9.17, 15) is 9.59 Å². The predicted molar refractivity (Wildman–Crippen MR) is 70.1 cm³/mol. The fourth-order valence-corrected chi connectivity index (χ4v) is 3.01. The number of hydrogen-bond acceptors (Lipinski definition) is 2. The van der Waals surface area contributed by atoms with Gasteiger partial charge in [0.2, 0.25) is 5.91 Å². The molecule has 2 unspecified atom stereocenters. The molecule has 0 spiro atoms. The van der Waals surface area contributed by atoms with Crippen molar-refractivity contribution in [3.63, 3.8) is 0 Å². The molecule has 0 heterocycles. The van der Waals surface area contributed by atoms with Gasteiger partial charge in [0.25, 0.3) is 0 Å². The minimum Gasteiger partial charge on any atom is -0.480 e. The second-order valence-corrected chi connectivity index (χ2v) is 7.03. The minimum absolute atomic E-state index is 0.0672. The molecule has 0 aromatic carbocycles. The van der Waals surface area contributed by atoms with Crippen molar-refractivity contribution in [1.82, 2.24) is 5.32 Å². The van der Waals surface area contributed by atoms with Gasteiger partial charge in [0.1, 0.15) is 5.54 Å². The number of carboxylic acid groups (broad SMARTS) is 1. The molecule has 4 nitrogen and oxygen atoms in total. The number of carbonyl (C=O) groups is 2. The van der Waals surface area contributed by atoms with Crippen molar-refractivity contribution >= 4 is 11.9 Å². The highest BCUT2D eigenvalue weighted by molar-refractivity contribution is 5.87. The number of aliphatic carboxylic acids is 1. The molecule has 0 bridgehead atoms. The van der Waals surface area contributed by atoms with Gasteiger partial charge in [-0.3, -0.25) is 4.79 Å². The van der Waals surface area contributed by atoms with Crippen LogP contribution in [0.2, 0.25) is 0 Å². The van der Waals surface area contributed by atoms with E-state index in [1.54, 1.807) is 0 Å². The van der Waals surface area contributed by atoms with Crippen LogP contribution in [0.25, 0.3) is 0 Å². The minimum atomic E-state index is -1.19. The molecule has 1 saturated carbocycles. The highest BCUT2D eigenvalue weighted by Gasteiger charge is 2.38. The van der Waals surface area contributed by atoms with Crippen molar-refractivity contribution in [3.8, 4) is 0 Å². The first kappa shape index (κ1) is 15.0. The van der Waals surface area contributed by atoms with Gasteiger partial charge in [0.05, 0.1) is 0 Å². The highest BCUT2D eigenvalue weighted by atomic mass is 16.4. The molecule has 0 aromatic heterocycles. The first-order chi connectivity index (χ1) is 8.03. The number of amides is 1. The van der Waals surface area contributed by atoms with Crippen molar-refractivity contribution in [2.45, 2.75) is 59.4 Å². The van der Waals surface area contributed by atoms with Gasteiger partial charge in [0, 0.05) is 5.92 Å². The van der Waals surface area contributed by atoms with Gasteiger partial charge in [-0.2, -0.15) is 0 Å². The summed E-state index contributed by atoms with van der Waals surface area (Å²) in [5, 5.41) is 11.7. The Morgan fingerprint density at radius 3 is 2.28 bits per heavy atom. The van der Waals surface area contributed by atoms with E-state index in [4.69, 9.17) is 5.11 Å². The molecule has 104 valence electrons. The van der Waals surface area contributed by atoms with Crippen LogP contribution in [0.1, 0.15) is 53.9 Å². The summed E-state index contributed by atoms with van der Waals surface area (Å²) in [5.74, 6) is -0.680. The van der Waals surface area contributed by atoms with Gasteiger partial charge < -0.3 is 10.4 Å². The Bertz CT molecular complexity index is 347. The topological polar surface area (TPSA) is 66.4 Å². The molecule has 1 fully saturated rings. The standard InChI is InChI=1S/C14H25NO3/c1-9-6-10(8-13(2,3)7-9)11(16)15-14(4,5)12(17)18/h9-10H,6-8H2,1-5H3,(H,15,16)(H,17,18). The summed E-state index contributed by atoms with van der Waals surface area (Å²) in [7, 11) is 0. The van der Waals surface area contributed by atoms with Gasteiger partial charge in [-0.15, -0.1) is 0 Å². The lowest BCUT2D eigenvalue weighted by Gasteiger charge is -2.39. The lowest BCUT2D eigenvalue weighted by atomic mass is 9.67. The van der Waals surface area contributed by atoms with E-state index in [1.165, 1.54) is 13.8 Å². The summed E-state index contributed by atoms with van der Waals surface area (Å²) in [6.45, 7) is 9.54. The van der Waals surface area contributed by atoms with Gasteiger partial charge >= 0.3 is 5.97 Å². The Morgan fingerprint density at radius 1 is 1.28 bits per heavy atom. The van der Waals surface area contributed by atoms with Crippen molar-refractivity contribution in [3.05, 3.63) is 0 Å². The molecule has 1 aliphatic rings. The van der Waals surface area contributed by atoms with Crippen LogP contribution in [0, 0.1) is 17.3 Å². The number of rotatable bonds is 3. The van der Waals surface area contributed by atoms with E-state index in [-0.39, 0.29) is 17.2 Å². The third kappa shape index (κ3) is 3.72. The summed E-state index contributed by atoms with van der Waals surface area (Å²) < 4.78 is 0. The lowest BCUT2D eigenvalue weighted by Crippen LogP contribution is -2.52. The molecule has 0 aromatic rings. The Hall–Kier alpha value is -1.06. The number of carboxylic acids is 1. The molecular formula is C14H25NO3. The average molecular weight is 255 g/mol. The van der Waals surface area contributed by atoms with Gasteiger partial charge in [-0.05, 0) is 44.4 Å². The smallest absolute Gasteiger partial charge is 0.328 e. The fourth-order valence-electron chi connectivity index (χ4n) is 3.01. The van der Waals surface area contributed by atoms with Crippen molar-refractivity contribution in [1.29, 1.82) is 0 Å². The third-order valence-corrected chi connectivity index (χ3v) is 3.73. The summed E-state index contributed by atoms with van der Waals surface area (Å²) >= 11 is 0. The van der Waals surface area contributed by atoms with E-state index in [0.29, 0.717) is 5.92 Å². The number of hydrogen-bond donors (Lipinski definition) is 2. The van der Waals surface area contributed by atoms with Crippen molar-refractivity contribution < 1.29 is 14.7 Å². The zero-order chi connectivity index (χ0) is 14.1. The Morgan fingerprint density at radius 2 is 1.83 bits per heavy atom. The maximum atomic E-state index is 12.2. The van der Waals surface area contributed by atoms with Crippen LogP contribution in [-0.2, 0) is 9.59 Å². The molecule has 0 aliphatic heterocycles. The fraction of sp³-hybridized carbons (Fsp3) is 0.857. The Kier molecular flexibility index (Phi) is 4.08. The van der Waals surface area contributed by atoms with Crippen molar-refractivity contribution in [2.24, 2.45) is 17.3 Å². The second kappa shape index (κ2) is 4.90. The molecule has 0 radical (unpaired) electrons. The zero-order valence-electron chi connectivity index (χ0n) is 12.0. The maximum Gasteiger partial charge on any atom is 0.328 e. The summed E-state index contributed by atoms with van der Waals surface area (Å²) in [6, 6.07) is 0. The van der Waals surface area contributed by atoms with Crippen LogP contribution in [0.5, 0.6) is 0 Å². The van der Waals surface area contributed by atoms with Crippen LogP contribution in [0.3, 0.4) is 0 Å². The van der Waals surface area contributed by atoms with E-state index in [0.717, 1.165) is 19.3 Å². The van der Waals surface area contributed by atoms with Crippen LogP contribution in [0.15, 0.2) is 0 Å². The van der Waals surface area contributed by atoms with Crippen LogP contribution >= 0.6 is 0 Å². The van der Waals surface area contributed by atoms with Crippen LogP contribution in [-0.4, -0.2) is 22.5 Å². The van der Waals surface area contributed by atoms with Crippen molar-refractivity contribution in [2.75, 3.05) is 0 Å². The molecule has 18 heavy (non-hydrogen) atoms. The van der Waals surface area contributed by atoms with Crippen LogP contribution in [0.4, 0.5) is 0 Å². The predicted octanol–water partition coefficient (Wildman–Crippen LogP) is 2.43. The van der Waals surface area contributed by atoms with E-state index in [1.807, 2.05) is 0 Å². The first-order valence-electron chi connectivity index (χ1n) is 6.59. The second-order valence-electron chi connectivity index (χ2n) is 7.03. The van der Waals surface area contributed by atoms with E-state index < -0.39 is 11.5 Å². The van der Waals surface area contributed by atoms with Crippen LogP contribution < -0.4 is 5.32 Å². The first-order valence-corrected chi connectivity index (χ1v) is 6.59. The van der Waals surface area contributed by atoms with Gasteiger partial charge in [0.15, 0.2) is 0 Å². The normalized spacial score (nSPS) is 27.6. The Balaban J connectivity index is 2.70. The molecular weight excluding hydrogens is 230 g/mol. The molecule has 2 N–H and O–H groups in total. The monoisotopic (exact) mass is 255 g/mol. The summed E-state index contributed by atoms with van der Waals surface area (Å²) in [4.78, 5) is 23.2. The largest absolute Gasteiger partial charge is 0.480 e. The molecule has 1 aliphatic carbocycles. The third-order valence-electron chi connectivity index (χ3n) is 3.73. The molecule has 1 amide bonds. The Labute approximate surface area is 109 Å². The maximum absolute atomic E-state index is 12.2. The van der Waals surface area contributed by atoms with E-state index in [2.05, 4.69) is 26.1 Å². The number of carbonyl (C=O) groups excluding carboxylic acids is 1. The van der Waals surface area contributed by atoms with Gasteiger partial charge in [-0.25, -0.2) is 4.79 Å². The zero-order valence-corrected chi connectivity index (χ0v) is 12.0. The SMILES string of the molecule is CC1CC(C(=O)NC(C)(C)C(=O)O)CC(C)(C)C1. The molecule has 2 atom stereocenters. The summed E-state index contributed by atoms with van der Waals surface area (Å²) in [6.07, 6.45) is 2.81. The molecule has 4 heteroatoms. The molecule has 0 saturated heterocycles. The van der Waals surface area contributed by atoms with E-state index >= 15 is 0 Å². The average Bonchev–Trinajstić information content (AvgIpc) is 2.13.